The summed E-state index contributed by atoms with van der Waals surface area (Å²) in [7, 11) is 7.68. The summed E-state index contributed by atoms with van der Waals surface area (Å²) < 4.78 is 10.8. The van der Waals surface area contributed by atoms with Crippen molar-refractivity contribution in [1.29, 1.82) is 0 Å². The van der Waals surface area contributed by atoms with Gasteiger partial charge in [0.15, 0.2) is 11.5 Å². The van der Waals surface area contributed by atoms with E-state index in [4.69, 9.17) is 9.47 Å². The molecule has 1 atom stereocenters. The molecule has 0 spiro atoms. The number of nitrogens with one attached hydrogen (secondary N) is 1. The van der Waals surface area contributed by atoms with E-state index in [1.807, 2.05) is 6.07 Å². The molecular formula is C16H22N2O2. The Bertz CT molecular complexity index is 631. The number of rotatable bonds is 3. The third-order valence-electron chi connectivity index (χ3n) is 4.40. The van der Waals surface area contributed by atoms with Crippen LogP contribution in [0.25, 0.3) is 10.9 Å². The number of ether oxygens (including phenoxy) is 2. The van der Waals surface area contributed by atoms with Crippen LogP contribution in [0.4, 0.5) is 0 Å². The second-order valence-electron chi connectivity index (χ2n) is 5.70. The number of aromatic nitrogens is 1. The standard InChI is InChI=1S/C16H22N2O2/c1-18(2)10-5-6-13-11(7-10)12-8-15(19-3)16(20-4)9-14(12)17-13/h8-10,17H,5-7H2,1-4H3/t10-/m1/s1. The number of aryl methyl sites for hydroxylation is 1. The fourth-order valence-corrected chi connectivity index (χ4v) is 3.17. The second-order valence-corrected chi connectivity index (χ2v) is 5.70. The third-order valence-corrected chi connectivity index (χ3v) is 4.40. The molecule has 3 rings (SSSR count). The lowest BCUT2D eigenvalue weighted by molar-refractivity contribution is 0.268. The lowest BCUT2D eigenvalue weighted by Gasteiger charge is -2.28. The van der Waals surface area contributed by atoms with Crippen molar-refractivity contribution in [2.45, 2.75) is 25.3 Å². The van der Waals surface area contributed by atoms with E-state index in [2.05, 4.69) is 30.0 Å². The van der Waals surface area contributed by atoms with Crippen LogP contribution in [0, 0.1) is 0 Å². The zero-order chi connectivity index (χ0) is 14.3. The van der Waals surface area contributed by atoms with Crippen molar-refractivity contribution in [3.63, 3.8) is 0 Å². The maximum absolute atomic E-state index is 5.43. The van der Waals surface area contributed by atoms with Gasteiger partial charge in [-0.1, -0.05) is 0 Å². The van der Waals surface area contributed by atoms with E-state index in [-0.39, 0.29) is 0 Å². The van der Waals surface area contributed by atoms with Gasteiger partial charge in [-0.3, -0.25) is 0 Å². The van der Waals surface area contributed by atoms with Crippen molar-refractivity contribution in [3.05, 3.63) is 23.4 Å². The van der Waals surface area contributed by atoms with Crippen LogP contribution in [-0.4, -0.2) is 44.2 Å². The van der Waals surface area contributed by atoms with Gasteiger partial charge in [0.1, 0.15) is 0 Å². The van der Waals surface area contributed by atoms with Crippen molar-refractivity contribution in [2.24, 2.45) is 0 Å². The molecule has 2 aromatic rings. The Labute approximate surface area is 119 Å². The molecule has 4 nitrogen and oxygen atoms in total. The smallest absolute Gasteiger partial charge is 0.162 e. The van der Waals surface area contributed by atoms with Gasteiger partial charge < -0.3 is 19.4 Å². The summed E-state index contributed by atoms with van der Waals surface area (Å²) in [4.78, 5) is 5.87. The highest BCUT2D eigenvalue weighted by atomic mass is 16.5. The number of methoxy groups -OCH3 is 2. The fourth-order valence-electron chi connectivity index (χ4n) is 3.17. The first-order chi connectivity index (χ1) is 9.63. The summed E-state index contributed by atoms with van der Waals surface area (Å²) >= 11 is 0. The van der Waals surface area contributed by atoms with Crippen molar-refractivity contribution in [3.8, 4) is 11.5 Å². The molecule has 0 fully saturated rings. The maximum atomic E-state index is 5.43. The highest BCUT2D eigenvalue weighted by Crippen LogP contribution is 2.37. The molecule has 0 unspecified atom stereocenters. The Morgan fingerprint density at radius 3 is 2.50 bits per heavy atom. The quantitative estimate of drug-likeness (QED) is 0.935. The van der Waals surface area contributed by atoms with E-state index in [9.17, 15) is 0 Å². The van der Waals surface area contributed by atoms with Crippen LogP contribution in [0.3, 0.4) is 0 Å². The Kier molecular flexibility index (Phi) is 3.34. The number of fused-ring (bicyclic) bond motifs is 3. The molecule has 1 aliphatic rings. The number of aromatic amines is 1. The molecule has 0 aliphatic heterocycles. The summed E-state index contributed by atoms with van der Waals surface area (Å²) in [6.45, 7) is 0. The van der Waals surface area contributed by atoms with Gasteiger partial charge in [-0.25, -0.2) is 0 Å². The molecule has 1 aromatic heterocycles. The van der Waals surface area contributed by atoms with Crippen LogP contribution < -0.4 is 9.47 Å². The summed E-state index contributed by atoms with van der Waals surface area (Å²) in [6.07, 6.45) is 3.41. The van der Waals surface area contributed by atoms with Gasteiger partial charge in [0.05, 0.1) is 14.2 Å². The van der Waals surface area contributed by atoms with Crippen molar-refractivity contribution < 1.29 is 9.47 Å². The number of H-pyrrole nitrogens is 1. The topological polar surface area (TPSA) is 37.5 Å². The van der Waals surface area contributed by atoms with E-state index in [1.54, 1.807) is 14.2 Å². The maximum Gasteiger partial charge on any atom is 0.162 e. The molecule has 20 heavy (non-hydrogen) atoms. The number of hydrogen-bond donors (Lipinski definition) is 1. The number of benzene rings is 1. The normalized spacial score (nSPS) is 18.4. The van der Waals surface area contributed by atoms with E-state index in [1.165, 1.54) is 23.1 Å². The largest absolute Gasteiger partial charge is 0.493 e. The van der Waals surface area contributed by atoms with Crippen LogP contribution in [0.1, 0.15) is 17.7 Å². The molecular weight excluding hydrogens is 252 g/mol. The van der Waals surface area contributed by atoms with Crippen molar-refractivity contribution in [1.82, 2.24) is 9.88 Å². The minimum atomic E-state index is 0.620. The van der Waals surface area contributed by atoms with Gasteiger partial charge in [-0.05, 0) is 45.0 Å². The van der Waals surface area contributed by atoms with Crippen molar-refractivity contribution >= 4 is 10.9 Å². The lowest BCUT2D eigenvalue weighted by atomic mass is 9.91. The highest BCUT2D eigenvalue weighted by molar-refractivity contribution is 5.88. The summed E-state index contributed by atoms with van der Waals surface area (Å²) in [5.74, 6) is 1.58. The summed E-state index contributed by atoms with van der Waals surface area (Å²) in [5, 5.41) is 1.27. The molecule has 4 heteroatoms. The molecule has 0 radical (unpaired) electrons. The van der Waals surface area contributed by atoms with Crippen LogP contribution in [0.5, 0.6) is 11.5 Å². The van der Waals surface area contributed by atoms with E-state index in [0.29, 0.717) is 6.04 Å². The van der Waals surface area contributed by atoms with Crippen molar-refractivity contribution in [2.75, 3.05) is 28.3 Å². The minimum Gasteiger partial charge on any atom is -0.493 e. The number of likely N-dealkylation sites (N-methyl/N-ethyl adjacent to an activating group) is 1. The average Bonchev–Trinajstić information content (AvgIpc) is 2.82. The molecule has 1 N–H and O–H groups in total. The lowest BCUT2D eigenvalue weighted by Crippen LogP contribution is -2.33. The predicted molar refractivity (Wildman–Crippen MR) is 80.9 cm³/mol. The zero-order valence-electron chi connectivity index (χ0n) is 12.6. The third kappa shape index (κ3) is 2.04. The Morgan fingerprint density at radius 2 is 1.85 bits per heavy atom. The van der Waals surface area contributed by atoms with Crippen LogP contribution in [0.15, 0.2) is 12.1 Å². The fraction of sp³-hybridized carbons (Fsp3) is 0.500. The SMILES string of the molecule is COc1cc2[nH]c3c(c2cc1OC)C[C@H](N(C)C)CC3. The number of nitrogens with zero attached hydrogens (tertiary/aromatic N) is 1. The minimum absolute atomic E-state index is 0.620. The average molecular weight is 274 g/mol. The van der Waals surface area contributed by atoms with Gasteiger partial charge in [-0.2, -0.15) is 0 Å². The van der Waals surface area contributed by atoms with Gasteiger partial charge in [-0.15, -0.1) is 0 Å². The van der Waals surface area contributed by atoms with Gasteiger partial charge in [0.25, 0.3) is 0 Å². The van der Waals surface area contributed by atoms with Crippen LogP contribution in [-0.2, 0) is 12.8 Å². The molecule has 0 saturated heterocycles. The molecule has 0 amide bonds. The van der Waals surface area contributed by atoms with E-state index >= 15 is 0 Å². The Balaban J connectivity index is 2.11. The molecule has 1 heterocycles. The number of hydrogen-bond acceptors (Lipinski definition) is 3. The van der Waals surface area contributed by atoms with E-state index in [0.717, 1.165) is 29.9 Å². The Morgan fingerprint density at radius 1 is 1.15 bits per heavy atom. The van der Waals surface area contributed by atoms with E-state index < -0.39 is 0 Å². The van der Waals surface area contributed by atoms with Crippen LogP contribution >= 0.6 is 0 Å². The highest BCUT2D eigenvalue weighted by Gasteiger charge is 2.24. The first kappa shape index (κ1) is 13.3. The summed E-state index contributed by atoms with van der Waals surface area (Å²) in [5.41, 5.74) is 3.95. The Hall–Kier alpha value is -1.68. The summed E-state index contributed by atoms with van der Waals surface area (Å²) in [6, 6.07) is 4.76. The predicted octanol–water partition coefficient (Wildman–Crippen LogP) is 2.60. The second kappa shape index (κ2) is 5.02. The van der Waals surface area contributed by atoms with Gasteiger partial charge >= 0.3 is 0 Å². The zero-order valence-corrected chi connectivity index (χ0v) is 12.6. The monoisotopic (exact) mass is 274 g/mol. The van der Waals surface area contributed by atoms with Crippen LogP contribution in [0.2, 0.25) is 0 Å². The molecule has 0 bridgehead atoms. The molecule has 1 aromatic carbocycles. The molecule has 0 saturated carbocycles. The first-order valence-electron chi connectivity index (χ1n) is 7.06. The van der Waals surface area contributed by atoms with Gasteiger partial charge in [0.2, 0.25) is 0 Å². The molecule has 1 aliphatic carbocycles. The molecule has 108 valence electrons. The first-order valence-corrected chi connectivity index (χ1v) is 7.06. The van der Waals surface area contributed by atoms with Gasteiger partial charge in [0, 0.05) is 28.7 Å².